The van der Waals surface area contributed by atoms with Gasteiger partial charge in [-0.1, -0.05) is 30.3 Å². The number of carbonyl (C=O) groups excluding carboxylic acids is 1. The van der Waals surface area contributed by atoms with Gasteiger partial charge in [0.15, 0.2) is 5.96 Å². The third-order valence-corrected chi connectivity index (χ3v) is 3.79. The van der Waals surface area contributed by atoms with Crippen molar-refractivity contribution in [2.75, 3.05) is 6.54 Å². The van der Waals surface area contributed by atoms with E-state index in [-0.39, 0.29) is 5.96 Å². The number of carboxylic acid groups (broad SMARTS) is 1. The number of fused-ring (bicyclic) bond motifs is 1. The molecule has 0 aromatic heterocycles. The van der Waals surface area contributed by atoms with Crippen molar-refractivity contribution < 1.29 is 32.6 Å². The predicted octanol–water partition coefficient (Wildman–Crippen LogP) is 2.15. The summed E-state index contributed by atoms with van der Waals surface area (Å²) in [7, 11) is 0. The smallest absolute Gasteiger partial charge is 0.475 e. The zero-order chi connectivity index (χ0) is 22.9. The van der Waals surface area contributed by atoms with Gasteiger partial charge in [0.1, 0.15) is 11.3 Å². The Kier molecular flexibility index (Phi) is 8.60. The molecule has 8 nitrogen and oxygen atoms in total. The number of aliphatic carboxylic acids is 1. The van der Waals surface area contributed by atoms with E-state index in [0.29, 0.717) is 25.1 Å². The Morgan fingerprint density at radius 3 is 2.20 bits per heavy atom. The Labute approximate surface area is 170 Å². The summed E-state index contributed by atoms with van der Waals surface area (Å²) < 4.78 is 37.2. The van der Waals surface area contributed by atoms with Gasteiger partial charge < -0.3 is 27.0 Å². The third kappa shape index (κ3) is 8.35. The minimum atomic E-state index is -5.08. The Morgan fingerprint density at radius 1 is 1.10 bits per heavy atom. The summed E-state index contributed by atoms with van der Waals surface area (Å²) in [6.45, 7) is 2.07. The number of esters is 1. The van der Waals surface area contributed by atoms with E-state index < -0.39 is 23.7 Å². The molecule has 2 rings (SSSR count). The lowest BCUT2D eigenvalue weighted by Gasteiger charge is -2.22. The zero-order valence-electron chi connectivity index (χ0n) is 16.1. The number of rotatable bonds is 6. The highest BCUT2D eigenvalue weighted by molar-refractivity contribution is 5.86. The van der Waals surface area contributed by atoms with Gasteiger partial charge in [0.2, 0.25) is 0 Å². The monoisotopic (exact) mass is 428 g/mol. The fourth-order valence-corrected chi connectivity index (χ4v) is 2.21. The Hall–Kier alpha value is -3.34. The summed E-state index contributed by atoms with van der Waals surface area (Å²) in [5.74, 6) is -2.72. The lowest BCUT2D eigenvalue weighted by molar-refractivity contribution is -0.192. The number of carboxylic acids is 1. The molecule has 0 aliphatic rings. The summed E-state index contributed by atoms with van der Waals surface area (Å²) in [6, 6.07) is 13.3. The highest BCUT2D eigenvalue weighted by Crippen LogP contribution is 2.22. The molecule has 11 heteroatoms. The molecule has 30 heavy (non-hydrogen) atoms. The van der Waals surface area contributed by atoms with Gasteiger partial charge in [0, 0.05) is 6.54 Å². The molecule has 2 aromatic rings. The van der Waals surface area contributed by atoms with Crippen molar-refractivity contribution in [3.63, 3.8) is 0 Å². The van der Waals surface area contributed by atoms with Crippen molar-refractivity contribution in [1.82, 2.24) is 0 Å². The molecule has 2 aromatic carbocycles. The fraction of sp³-hybridized carbons (Fsp3) is 0.316. The number of halogens is 3. The van der Waals surface area contributed by atoms with Crippen LogP contribution in [0.1, 0.15) is 19.8 Å². The van der Waals surface area contributed by atoms with E-state index in [1.165, 1.54) is 0 Å². The van der Waals surface area contributed by atoms with Crippen molar-refractivity contribution >= 4 is 28.7 Å². The molecule has 0 bridgehead atoms. The van der Waals surface area contributed by atoms with Gasteiger partial charge in [-0.05, 0) is 42.7 Å². The van der Waals surface area contributed by atoms with Gasteiger partial charge in [-0.25, -0.2) is 9.59 Å². The quantitative estimate of drug-likeness (QED) is 0.181. The number of hydrogen-bond donors (Lipinski definition) is 4. The summed E-state index contributed by atoms with van der Waals surface area (Å²) in [5, 5.41) is 9.21. The van der Waals surface area contributed by atoms with Crippen molar-refractivity contribution in [1.29, 1.82) is 0 Å². The van der Waals surface area contributed by atoms with Gasteiger partial charge in [-0.2, -0.15) is 13.2 Å². The molecular formula is C19H23F3N4O4. The van der Waals surface area contributed by atoms with Crippen LogP contribution < -0.4 is 21.9 Å². The van der Waals surface area contributed by atoms with E-state index in [0.717, 1.165) is 10.8 Å². The van der Waals surface area contributed by atoms with E-state index in [4.69, 9.17) is 31.8 Å². The first-order valence-corrected chi connectivity index (χ1v) is 8.68. The van der Waals surface area contributed by atoms with E-state index in [1.807, 2.05) is 36.4 Å². The number of hydrogen-bond acceptors (Lipinski definition) is 5. The largest absolute Gasteiger partial charge is 0.490 e. The number of guanidine groups is 1. The Morgan fingerprint density at radius 2 is 1.67 bits per heavy atom. The second-order valence-electron chi connectivity index (χ2n) is 6.53. The van der Waals surface area contributed by atoms with Crippen LogP contribution in [0.5, 0.6) is 5.75 Å². The van der Waals surface area contributed by atoms with Gasteiger partial charge in [-0.3, -0.25) is 4.99 Å². The van der Waals surface area contributed by atoms with Crippen molar-refractivity contribution in [3.8, 4) is 5.75 Å². The Balaban J connectivity index is 0.000000553. The first-order valence-electron chi connectivity index (χ1n) is 8.68. The van der Waals surface area contributed by atoms with Crippen LogP contribution in [0.15, 0.2) is 47.5 Å². The molecule has 0 unspecified atom stereocenters. The highest BCUT2D eigenvalue weighted by atomic mass is 19.4. The molecule has 0 aliphatic heterocycles. The first kappa shape index (κ1) is 24.7. The molecule has 0 amide bonds. The average molecular weight is 428 g/mol. The van der Waals surface area contributed by atoms with Gasteiger partial charge in [0.05, 0.1) is 0 Å². The summed E-state index contributed by atoms with van der Waals surface area (Å²) in [5.41, 5.74) is 15.5. The van der Waals surface area contributed by atoms with Crippen molar-refractivity contribution in [2.24, 2.45) is 22.2 Å². The summed E-state index contributed by atoms with van der Waals surface area (Å²) >= 11 is 0. The fourth-order valence-electron chi connectivity index (χ4n) is 2.21. The van der Waals surface area contributed by atoms with Crippen LogP contribution in [0.4, 0.5) is 13.2 Å². The van der Waals surface area contributed by atoms with E-state index in [9.17, 15) is 18.0 Å². The maximum Gasteiger partial charge on any atom is 0.490 e. The first-order chi connectivity index (χ1) is 13.8. The number of aliphatic imine (C=N–C) groups is 1. The van der Waals surface area contributed by atoms with E-state index in [1.54, 1.807) is 13.0 Å². The van der Waals surface area contributed by atoms with Crippen molar-refractivity contribution in [2.45, 2.75) is 31.5 Å². The van der Waals surface area contributed by atoms with Gasteiger partial charge in [-0.15, -0.1) is 0 Å². The van der Waals surface area contributed by atoms with E-state index >= 15 is 0 Å². The third-order valence-electron chi connectivity index (χ3n) is 3.79. The summed E-state index contributed by atoms with van der Waals surface area (Å²) in [4.78, 5) is 25.0. The maximum absolute atomic E-state index is 12.3. The van der Waals surface area contributed by atoms with Crippen LogP contribution in [0.2, 0.25) is 0 Å². The highest BCUT2D eigenvalue weighted by Gasteiger charge is 2.38. The molecule has 0 saturated heterocycles. The van der Waals surface area contributed by atoms with Crippen LogP contribution in [-0.4, -0.2) is 41.3 Å². The van der Waals surface area contributed by atoms with Crippen LogP contribution in [-0.2, 0) is 9.59 Å². The molecule has 0 radical (unpaired) electrons. The topological polar surface area (TPSA) is 154 Å². The van der Waals surface area contributed by atoms with Crippen LogP contribution in [0.3, 0.4) is 0 Å². The normalized spacial score (nSPS) is 12.8. The average Bonchev–Trinajstić information content (AvgIpc) is 2.64. The molecule has 0 heterocycles. The number of benzene rings is 2. The number of carbonyl (C=O) groups is 2. The van der Waals surface area contributed by atoms with Crippen molar-refractivity contribution in [3.05, 3.63) is 42.5 Å². The molecule has 1 atom stereocenters. The lowest BCUT2D eigenvalue weighted by Crippen LogP contribution is -2.47. The van der Waals surface area contributed by atoms with Crippen LogP contribution in [0.25, 0.3) is 10.8 Å². The number of nitrogens with zero attached hydrogens (tertiary/aromatic N) is 1. The second kappa shape index (κ2) is 10.4. The molecule has 0 aliphatic carbocycles. The SMILES string of the molecule is C[C@](N)(CCCN=C(N)N)C(=O)Oc1ccc2ccccc2c1.O=C(O)C(F)(F)F. The number of ether oxygens (including phenoxy) is 1. The maximum atomic E-state index is 12.3. The predicted molar refractivity (Wildman–Crippen MR) is 106 cm³/mol. The molecule has 0 spiro atoms. The standard InChI is InChI=1S/C17H22N4O2.C2HF3O2/c1-17(20,9-4-10-21-16(18)19)15(22)23-14-8-7-12-5-2-3-6-13(12)11-14;3-2(4,5)1(6)7/h2-3,5-8,11H,4,9-10,20H2,1H3,(H4,18,19,21);(H,6,7)/t17-;/m0./s1. The minimum absolute atomic E-state index is 0.0301. The van der Waals surface area contributed by atoms with Crippen LogP contribution in [0, 0.1) is 0 Å². The summed E-state index contributed by atoms with van der Waals surface area (Å²) in [6.07, 6.45) is -4.06. The molecule has 7 N–H and O–H groups in total. The van der Waals surface area contributed by atoms with E-state index in [2.05, 4.69) is 4.99 Å². The second-order valence-corrected chi connectivity index (χ2v) is 6.53. The number of nitrogens with two attached hydrogens (primary N) is 3. The van der Waals surface area contributed by atoms with Gasteiger partial charge >= 0.3 is 18.1 Å². The van der Waals surface area contributed by atoms with Crippen LogP contribution >= 0.6 is 0 Å². The Bertz CT molecular complexity index is 910. The molecule has 164 valence electrons. The zero-order valence-corrected chi connectivity index (χ0v) is 16.1. The lowest BCUT2D eigenvalue weighted by atomic mass is 9.97. The number of alkyl halides is 3. The minimum Gasteiger partial charge on any atom is -0.475 e. The van der Waals surface area contributed by atoms with Gasteiger partial charge in [0.25, 0.3) is 0 Å². The molecular weight excluding hydrogens is 405 g/mol. The molecule has 0 fully saturated rings. The molecule has 0 saturated carbocycles.